The van der Waals surface area contributed by atoms with Crippen molar-refractivity contribution in [3.8, 4) is 10.6 Å². The summed E-state index contributed by atoms with van der Waals surface area (Å²) in [7, 11) is 0. The van der Waals surface area contributed by atoms with Gasteiger partial charge in [-0.05, 0) is 31.2 Å². The Balaban J connectivity index is 1.89. The lowest BCUT2D eigenvalue weighted by Gasteiger charge is -2.23. The summed E-state index contributed by atoms with van der Waals surface area (Å²) < 4.78 is 10.5. The molecule has 2 aromatic heterocycles. The lowest BCUT2D eigenvalue weighted by Crippen LogP contribution is -2.39. The van der Waals surface area contributed by atoms with Crippen molar-refractivity contribution in [3.05, 3.63) is 28.8 Å². The van der Waals surface area contributed by atoms with Crippen LogP contribution in [-0.4, -0.2) is 35.4 Å². The van der Waals surface area contributed by atoms with Gasteiger partial charge in [0.05, 0.1) is 4.88 Å². The number of aromatic nitrogens is 1. The monoisotopic (exact) mass is 322 g/mol. The maximum absolute atomic E-state index is 12.7. The van der Waals surface area contributed by atoms with E-state index in [1.165, 1.54) is 11.3 Å². The Morgan fingerprint density at radius 1 is 1.50 bits per heavy atom. The summed E-state index contributed by atoms with van der Waals surface area (Å²) in [6.45, 7) is 2.86. The van der Waals surface area contributed by atoms with Crippen LogP contribution in [0.25, 0.3) is 10.6 Å². The molecule has 0 saturated carbocycles. The molecule has 1 saturated heterocycles. The number of nitrogens with one attached hydrogen (secondary N) is 1. The molecule has 6 nitrogen and oxygen atoms in total. The third-order valence-corrected chi connectivity index (χ3v) is 4.51. The van der Waals surface area contributed by atoms with E-state index in [9.17, 15) is 9.90 Å². The van der Waals surface area contributed by atoms with Crippen molar-refractivity contribution in [2.45, 2.75) is 31.9 Å². The molecule has 0 aromatic carbocycles. The summed E-state index contributed by atoms with van der Waals surface area (Å²) in [4.78, 5) is 13.5. The van der Waals surface area contributed by atoms with Crippen LogP contribution in [0.1, 0.15) is 42.0 Å². The average molecular weight is 322 g/mol. The van der Waals surface area contributed by atoms with E-state index in [4.69, 9.17) is 9.26 Å². The molecule has 1 atom stereocenters. The van der Waals surface area contributed by atoms with Gasteiger partial charge in [0.15, 0.2) is 5.76 Å². The summed E-state index contributed by atoms with van der Waals surface area (Å²) in [5, 5.41) is 18.7. The molecular formula is C15H18N2O4S. The van der Waals surface area contributed by atoms with Crippen LogP contribution in [0.3, 0.4) is 0 Å². The summed E-state index contributed by atoms with van der Waals surface area (Å²) in [5.41, 5.74) is 0.805. The van der Waals surface area contributed by atoms with Gasteiger partial charge in [-0.2, -0.15) is 0 Å². The molecule has 3 heterocycles. The van der Waals surface area contributed by atoms with Crippen LogP contribution in [-0.2, 0) is 4.74 Å². The molecule has 1 amide bonds. The number of nitrogens with zero attached hydrogens (tertiary/aromatic N) is 1. The Morgan fingerprint density at radius 3 is 2.91 bits per heavy atom. The quantitative estimate of drug-likeness (QED) is 0.902. The van der Waals surface area contributed by atoms with Gasteiger partial charge in [0, 0.05) is 19.3 Å². The van der Waals surface area contributed by atoms with Crippen molar-refractivity contribution < 1.29 is 19.2 Å². The van der Waals surface area contributed by atoms with Crippen LogP contribution in [0.4, 0.5) is 0 Å². The van der Waals surface area contributed by atoms with Gasteiger partial charge in [-0.3, -0.25) is 4.79 Å². The third kappa shape index (κ3) is 3.06. The molecule has 1 fully saturated rings. The number of carbonyl (C=O) groups is 1. The van der Waals surface area contributed by atoms with E-state index < -0.39 is 6.10 Å². The third-order valence-electron chi connectivity index (χ3n) is 3.64. The zero-order chi connectivity index (χ0) is 15.5. The van der Waals surface area contributed by atoms with Gasteiger partial charge in [-0.1, -0.05) is 11.2 Å². The summed E-state index contributed by atoms with van der Waals surface area (Å²) >= 11 is 1.47. The number of carbonyl (C=O) groups excluding carboxylic acids is 1. The highest BCUT2D eigenvalue weighted by molar-refractivity contribution is 7.13. The first-order valence-electron chi connectivity index (χ1n) is 7.27. The smallest absolute Gasteiger partial charge is 0.257 e. The zero-order valence-electron chi connectivity index (χ0n) is 12.2. The molecule has 2 N–H and O–H groups in total. The van der Waals surface area contributed by atoms with Crippen molar-refractivity contribution in [2.75, 3.05) is 13.2 Å². The highest BCUT2D eigenvalue weighted by Crippen LogP contribution is 2.32. The molecule has 7 heteroatoms. The summed E-state index contributed by atoms with van der Waals surface area (Å²) in [6, 6.07) is 3.84. The van der Waals surface area contributed by atoms with Gasteiger partial charge in [0.25, 0.3) is 5.91 Å². The minimum atomic E-state index is -0.892. The highest BCUT2D eigenvalue weighted by atomic mass is 32.1. The Hall–Kier alpha value is -1.70. The second-order valence-electron chi connectivity index (χ2n) is 5.28. The van der Waals surface area contributed by atoms with Crippen LogP contribution in [0.15, 0.2) is 22.0 Å². The van der Waals surface area contributed by atoms with Crippen molar-refractivity contribution in [3.63, 3.8) is 0 Å². The van der Waals surface area contributed by atoms with Crippen LogP contribution in [0.2, 0.25) is 0 Å². The highest BCUT2D eigenvalue weighted by Gasteiger charge is 2.28. The Bertz CT molecular complexity index is 630. The first kappa shape index (κ1) is 15.2. The molecule has 0 bridgehead atoms. The van der Waals surface area contributed by atoms with Gasteiger partial charge >= 0.3 is 0 Å². The summed E-state index contributed by atoms with van der Waals surface area (Å²) in [5.74, 6) is -0.0552. The molecule has 0 radical (unpaired) electrons. The van der Waals surface area contributed by atoms with Crippen molar-refractivity contribution in [1.82, 2.24) is 10.5 Å². The number of aliphatic hydroxyl groups is 1. The van der Waals surface area contributed by atoms with E-state index in [1.54, 1.807) is 6.92 Å². The standard InChI is InChI=1S/C15H18N2O4S/c1-9(18)14-12(13(17-21-14)11-3-2-8-22-11)15(19)16-10-4-6-20-7-5-10/h2-3,8-10,18H,4-7H2,1H3,(H,16,19). The first-order chi connectivity index (χ1) is 10.7. The van der Waals surface area contributed by atoms with Crippen LogP contribution < -0.4 is 5.32 Å². The molecule has 1 aliphatic heterocycles. The molecule has 2 aromatic rings. The number of ether oxygens (including phenoxy) is 1. The number of amides is 1. The van der Waals surface area contributed by atoms with Gasteiger partial charge in [0.1, 0.15) is 17.4 Å². The fourth-order valence-electron chi connectivity index (χ4n) is 2.49. The minimum absolute atomic E-state index is 0.0779. The zero-order valence-corrected chi connectivity index (χ0v) is 13.1. The second kappa shape index (κ2) is 6.60. The summed E-state index contributed by atoms with van der Waals surface area (Å²) in [6.07, 6.45) is 0.682. The van der Waals surface area contributed by atoms with Gasteiger partial charge in [-0.25, -0.2) is 0 Å². The Labute approximate surface area is 132 Å². The minimum Gasteiger partial charge on any atom is -0.385 e. The van der Waals surface area contributed by atoms with Crippen molar-refractivity contribution in [1.29, 1.82) is 0 Å². The molecule has 118 valence electrons. The maximum Gasteiger partial charge on any atom is 0.257 e. The largest absolute Gasteiger partial charge is 0.385 e. The van der Waals surface area contributed by atoms with E-state index in [2.05, 4.69) is 10.5 Å². The topological polar surface area (TPSA) is 84.6 Å². The molecule has 3 rings (SSSR count). The van der Waals surface area contributed by atoms with Crippen LogP contribution in [0.5, 0.6) is 0 Å². The number of rotatable bonds is 4. The van der Waals surface area contributed by atoms with Crippen LogP contribution in [0, 0.1) is 0 Å². The molecule has 0 spiro atoms. The normalized spacial score (nSPS) is 17.4. The molecular weight excluding hydrogens is 304 g/mol. The van der Waals surface area contributed by atoms with Gasteiger partial charge < -0.3 is 19.7 Å². The molecule has 1 aliphatic rings. The lowest BCUT2D eigenvalue weighted by molar-refractivity contribution is 0.0692. The molecule has 22 heavy (non-hydrogen) atoms. The Kier molecular flexibility index (Phi) is 4.56. The lowest BCUT2D eigenvalue weighted by atomic mass is 10.1. The van der Waals surface area contributed by atoms with E-state index >= 15 is 0 Å². The number of aliphatic hydroxyl groups excluding tert-OH is 1. The predicted molar refractivity (Wildman–Crippen MR) is 81.8 cm³/mol. The van der Waals surface area contributed by atoms with Gasteiger partial charge in [-0.15, -0.1) is 11.3 Å². The number of thiophene rings is 1. The first-order valence-corrected chi connectivity index (χ1v) is 8.15. The van der Waals surface area contributed by atoms with Crippen LogP contribution >= 0.6 is 11.3 Å². The van der Waals surface area contributed by atoms with E-state index in [-0.39, 0.29) is 17.7 Å². The average Bonchev–Trinajstić information content (AvgIpc) is 3.17. The van der Waals surface area contributed by atoms with Gasteiger partial charge in [0.2, 0.25) is 0 Å². The van der Waals surface area contributed by atoms with Crippen molar-refractivity contribution >= 4 is 17.2 Å². The van der Waals surface area contributed by atoms with E-state index in [1.807, 2.05) is 17.5 Å². The molecule has 0 aliphatic carbocycles. The van der Waals surface area contributed by atoms with Crippen molar-refractivity contribution in [2.24, 2.45) is 0 Å². The number of hydrogen-bond donors (Lipinski definition) is 2. The van der Waals surface area contributed by atoms with E-state index in [0.29, 0.717) is 24.5 Å². The fourth-order valence-corrected chi connectivity index (χ4v) is 3.20. The Morgan fingerprint density at radius 2 is 2.27 bits per heavy atom. The SMILES string of the molecule is CC(O)c1onc(-c2cccs2)c1C(=O)NC1CCOCC1. The number of hydrogen-bond acceptors (Lipinski definition) is 6. The maximum atomic E-state index is 12.7. The predicted octanol–water partition coefficient (Wildman–Crippen LogP) is 2.37. The van der Waals surface area contributed by atoms with E-state index in [0.717, 1.165) is 17.7 Å². The molecule has 1 unspecified atom stereocenters. The second-order valence-corrected chi connectivity index (χ2v) is 6.23. The fraction of sp³-hybridized carbons (Fsp3) is 0.467.